The summed E-state index contributed by atoms with van der Waals surface area (Å²) in [5.41, 5.74) is 1.39. The Kier molecular flexibility index (Phi) is 6.98. The number of hydrogen-bond acceptors (Lipinski definition) is 7. The number of β-amino-alcohol motifs (C(OH)–C–C–N with tert-alkyl or cyclic N) is 1. The predicted octanol–water partition coefficient (Wildman–Crippen LogP) is 1.30. The van der Waals surface area contributed by atoms with E-state index in [1.807, 2.05) is 0 Å². The minimum Gasteiger partial charge on any atom is -0.466 e. The number of halogens is 1. The number of anilines is 1. The molecular weight excluding hydrogens is 364 g/mol. The molecule has 2 rings (SSSR count). The lowest BCUT2D eigenvalue weighted by molar-refractivity contribution is -0.136. The summed E-state index contributed by atoms with van der Waals surface area (Å²) < 4.78 is 15.2. The van der Waals surface area contributed by atoms with Crippen LogP contribution in [0.4, 0.5) is 5.69 Å². The summed E-state index contributed by atoms with van der Waals surface area (Å²) >= 11 is 6.18. The van der Waals surface area contributed by atoms with E-state index in [1.54, 1.807) is 18.2 Å². The summed E-state index contributed by atoms with van der Waals surface area (Å²) in [7, 11) is 4.21. The Balaban J connectivity index is 2.36. The maximum atomic E-state index is 12.5. The third-order valence-electron chi connectivity index (χ3n) is 3.90. The minimum absolute atomic E-state index is 0.0631. The Morgan fingerprint density at radius 3 is 2.62 bits per heavy atom. The van der Waals surface area contributed by atoms with Crippen LogP contribution in [0, 0.1) is 0 Å². The molecule has 0 aliphatic carbocycles. The third kappa shape index (κ3) is 4.16. The number of amides is 1. The fourth-order valence-electron chi connectivity index (χ4n) is 2.65. The van der Waals surface area contributed by atoms with Crippen molar-refractivity contribution in [2.75, 3.05) is 46.3 Å². The van der Waals surface area contributed by atoms with Gasteiger partial charge in [0.05, 0.1) is 25.8 Å². The van der Waals surface area contributed by atoms with Crippen molar-refractivity contribution in [3.8, 4) is 0 Å². The monoisotopic (exact) mass is 384 g/mol. The van der Waals surface area contributed by atoms with Gasteiger partial charge in [0.25, 0.3) is 5.91 Å². The molecule has 26 heavy (non-hydrogen) atoms. The highest BCUT2D eigenvalue weighted by Gasteiger charge is 2.34. The number of hydrogen-bond donors (Lipinski definition) is 2. The van der Waals surface area contributed by atoms with Crippen molar-refractivity contribution in [2.24, 2.45) is 0 Å². The average molecular weight is 385 g/mol. The Labute approximate surface area is 156 Å². The highest BCUT2D eigenvalue weighted by Crippen LogP contribution is 2.30. The van der Waals surface area contributed by atoms with E-state index in [4.69, 9.17) is 30.9 Å². The number of esters is 1. The molecule has 1 heterocycles. The Hall–Kier alpha value is -2.13. The summed E-state index contributed by atoms with van der Waals surface area (Å²) in [6.07, 6.45) is -0.677. The molecule has 0 fully saturated rings. The van der Waals surface area contributed by atoms with Gasteiger partial charge in [0.2, 0.25) is 0 Å². The van der Waals surface area contributed by atoms with Crippen LogP contribution in [0.2, 0.25) is 5.02 Å². The Morgan fingerprint density at radius 1 is 1.35 bits per heavy atom. The van der Waals surface area contributed by atoms with Crippen molar-refractivity contribution in [3.05, 3.63) is 40.1 Å². The number of carbonyl (C=O) groups is 2. The first-order valence-corrected chi connectivity index (χ1v) is 8.18. The molecule has 0 unspecified atom stereocenters. The van der Waals surface area contributed by atoms with E-state index >= 15 is 0 Å². The summed E-state index contributed by atoms with van der Waals surface area (Å²) in [5, 5.41) is 12.5. The molecule has 9 heteroatoms. The Bertz CT molecular complexity index is 717. The lowest BCUT2D eigenvalue weighted by Crippen LogP contribution is -2.31. The van der Waals surface area contributed by atoms with Crippen molar-refractivity contribution in [1.82, 2.24) is 4.90 Å². The van der Waals surface area contributed by atoms with Crippen LogP contribution >= 0.6 is 11.6 Å². The molecule has 1 aliphatic rings. The van der Waals surface area contributed by atoms with Crippen molar-refractivity contribution in [3.63, 3.8) is 0 Å². The molecule has 2 N–H and O–H groups in total. The van der Waals surface area contributed by atoms with Gasteiger partial charge in [-0.1, -0.05) is 11.6 Å². The number of rotatable bonds is 8. The first-order chi connectivity index (χ1) is 12.5. The van der Waals surface area contributed by atoms with Crippen LogP contribution in [0.25, 0.3) is 0 Å². The predicted molar refractivity (Wildman–Crippen MR) is 94.5 cm³/mol. The van der Waals surface area contributed by atoms with E-state index in [0.29, 0.717) is 16.3 Å². The van der Waals surface area contributed by atoms with E-state index in [-0.39, 0.29) is 31.0 Å². The summed E-state index contributed by atoms with van der Waals surface area (Å²) in [6, 6.07) is 4.97. The van der Waals surface area contributed by atoms with Crippen LogP contribution in [0.5, 0.6) is 0 Å². The second-order valence-corrected chi connectivity index (χ2v) is 5.87. The number of nitrogens with zero attached hydrogens (tertiary/aromatic N) is 1. The smallest absolute Gasteiger partial charge is 0.337 e. The topological polar surface area (TPSA) is 97.3 Å². The number of aliphatic hydroxyl groups is 1. The lowest BCUT2D eigenvalue weighted by atomic mass is 10.1. The second kappa shape index (κ2) is 9.00. The number of carbonyl (C=O) groups excluding carboxylic acids is 2. The van der Waals surface area contributed by atoms with E-state index < -0.39 is 18.2 Å². The van der Waals surface area contributed by atoms with Gasteiger partial charge in [-0.25, -0.2) is 4.79 Å². The molecule has 1 aromatic rings. The van der Waals surface area contributed by atoms with Crippen LogP contribution in [0.15, 0.2) is 29.5 Å². The number of ether oxygens (including phenoxy) is 3. The molecule has 0 bridgehead atoms. The summed E-state index contributed by atoms with van der Waals surface area (Å²) in [6.45, 7) is -0.0265. The molecule has 0 spiro atoms. The van der Waals surface area contributed by atoms with Gasteiger partial charge in [-0.15, -0.1) is 0 Å². The van der Waals surface area contributed by atoms with Gasteiger partial charge in [-0.05, 0) is 18.2 Å². The fourth-order valence-corrected chi connectivity index (χ4v) is 2.85. The molecule has 0 atom stereocenters. The normalized spacial score (nSPS) is 14.4. The minimum atomic E-state index is -0.677. The molecule has 0 saturated heterocycles. The van der Waals surface area contributed by atoms with E-state index in [1.165, 1.54) is 26.2 Å². The van der Waals surface area contributed by atoms with E-state index in [0.717, 1.165) is 0 Å². The third-order valence-corrected chi connectivity index (χ3v) is 4.25. The quantitative estimate of drug-likeness (QED) is 0.515. The molecule has 1 amide bonds. The fraction of sp³-hybridized carbons (Fsp3) is 0.412. The van der Waals surface area contributed by atoms with Gasteiger partial charge in [-0.2, -0.15) is 0 Å². The zero-order valence-electron chi connectivity index (χ0n) is 14.7. The average Bonchev–Trinajstić information content (AvgIpc) is 2.94. The Morgan fingerprint density at radius 2 is 2.04 bits per heavy atom. The first-order valence-electron chi connectivity index (χ1n) is 7.80. The van der Waals surface area contributed by atoms with Gasteiger partial charge < -0.3 is 29.5 Å². The van der Waals surface area contributed by atoms with Gasteiger partial charge in [-0.3, -0.25) is 4.79 Å². The first kappa shape index (κ1) is 20.2. The molecule has 142 valence electrons. The highest BCUT2D eigenvalue weighted by molar-refractivity contribution is 6.31. The van der Waals surface area contributed by atoms with Gasteiger partial charge in [0, 0.05) is 37.0 Å². The van der Waals surface area contributed by atoms with Crippen molar-refractivity contribution in [2.45, 2.75) is 6.29 Å². The molecule has 0 saturated carbocycles. The summed E-state index contributed by atoms with van der Waals surface area (Å²) in [5.74, 6) is -1.01. The zero-order chi connectivity index (χ0) is 19.3. The van der Waals surface area contributed by atoms with Crippen LogP contribution < -0.4 is 5.32 Å². The molecule has 0 radical (unpaired) electrons. The van der Waals surface area contributed by atoms with Crippen LogP contribution in [-0.4, -0.2) is 62.9 Å². The number of benzene rings is 1. The van der Waals surface area contributed by atoms with Gasteiger partial charge in [0.1, 0.15) is 5.70 Å². The second-order valence-electron chi connectivity index (χ2n) is 5.46. The van der Waals surface area contributed by atoms with Gasteiger partial charge in [0.15, 0.2) is 6.29 Å². The number of aliphatic hydroxyl groups excluding tert-OH is 1. The van der Waals surface area contributed by atoms with Gasteiger partial charge >= 0.3 is 5.97 Å². The van der Waals surface area contributed by atoms with Crippen molar-refractivity contribution >= 4 is 29.2 Å². The van der Waals surface area contributed by atoms with Crippen LogP contribution in [-0.2, 0) is 23.8 Å². The summed E-state index contributed by atoms with van der Waals surface area (Å²) in [4.78, 5) is 25.9. The number of nitrogens with one attached hydrogen (secondary N) is 1. The highest BCUT2D eigenvalue weighted by atomic mass is 35.5. The molecule has 0 aromatic heterocycles. The maximum Gasteiger partial charge on any atom is 0.337 e. The van der Waals surface area contributed by atoms with E-state index in [9.17, 15) is 9.59 Å². The van der Waals surface area contributed by atoms with Crippen LogP contribution in [0.3, 0.4) is 0 Å². The van der Waals surface area contributed by atoms with Crippen LogP contribution in [0.1, 0.15) is 11.9 Å². The molecule has 1 aliphatic heterocycles. The lowest BCUT2D eigenvalue weighted by Gasteiger charge is -2.18. The van der Waals surface area contributed by atoms with Crippen molar-refractivity contribution in [1.29, 1.82) is 0 Å². The molecule has 1 aromatic carbocycles. The van der Waals surface area contributed by atoms with E-state index in [2.05, 4.69) is 5.32 Å². The molecule has 8 nitrogen and oxygen atoms in total. The zero-order valence-corrected chi connectivity index (χ0v) is 15.5. The SMILES string of the molecule is COC(=O)C1=C(Nc2ccc(Cl)c(C(OC)OC)c2)C(=O)N(CCO)C1. The maximum absolute atomic E-state index is 12.5. The molecular formula is C17H21ClN2O6. The largest absolute Gasteiger partial charge is 0.466 e. The van der Waals surface area contributed by atoms with Crippen molar-refractivity contribution < 1.29 is 28.9 Å². The number of methoxy groups -OCH3 is 3. The standard InChI is InChI=1S/C17H21ClN2O6/c1-24-16(23)12-9-20(6-7-21)15(22)14(12)19-10-4-5-13(18)11(8-10)17(25-2)26-3/h4-5,8,17,19,21H,6-7,9H2,1-3H3.